The Hall–Kier alpha value is -1.47. The fourth-order valence-corrected chi connectivity index (χ4v) is 2.61. The van der Waals surface area contributed by atoms with Crippen LogP contribution in [-0.4, -0.2) is 50.6 Å². The molecule has 1 aromatic rings. The van der Waals surface area contributed by atoms with Crippen molar-refractivity contribution in [3.05, 3.63) is 23.8 Å². The maximum Gasteiger partial charge on any atom is 0.415 e. The second kappa shape index (κ2) is 8.58. The molecule has 0 aliphatic carbocycles. The van der Waals surface area contributed by atoms with Crippen LogP contribution in [0.5, 0.6) is 11.5 Å². The van der Waals surface area contributed by atoms with Crippen LogP contribution in [0.15, 0.2) is 18.2 Å². The molecule has 1 aliphatic heterocycles. The summed E-state index contributed by atoms with van der Waals surface area (Å²) in [5.41, 5.74) is 0.827. The van der Waals surface area contributed by atoms with Gasteiger partial charge in [0.25, 0.3) is 0 Å². The number of unbranched alkanes of at least 4 members (excludes halogenated alkanes) is 1. The third kappa shape index (κ3) is 5.01. The highest BCUT2D eigenvalue weighted by Crippen LogP contribution is 2.33. The van der Waals surface area contributed by atoms with Gasteiger partial charge in [0, 0.05) is 25.2 Å². The molecular weight excluding hydrogens is 323 g/mol. The summed E-state index contributed by atoms with van der Waals surface area (Å²) in [6.07, 6.45) is -4.17. The average Bonchev–Trinajstić information content (AvgIpc) is 2.55. The lowest BCUT2D eigenvalue weighted by Gasteiger charge is -2.34. The highest BCUT2D eigenvalue weighted by Gasteiger charge is 2.43. The van der Waals surface area contributed by atoms with Crippen LogP contribution in [-0.2, 0) is 11.3 Å². The molecule has 1 atom stereocenters. The van der Waals surface area contributed by atoms with Crippen LogP contribution < -0.4 is 9.47 Å². The highest BCUT2D eigenvalue weighted by atomic mass is 19.4. The number of ether oxygens (including phenoxy) is 3. The summed E-state index contributed by atoms with van der Waals surface area (Å²) in [7, 11) is 1.56. The van der Waals surface area contributed by atoms with Gasteiger partial charge >= 0.3 is 6.18 Å². The number of morpholine rings is 1. The Kier molecular flexibility index (Phi) is 6.74. The SMILES string of the molecule is CCCCOc1c(CN2CCO[C@H](C(F)(F)F)C2)cccc1OC. The van der Waals surface area contributed by atoms with Crippen LogP contribution in [0.3, 0.4) is 0 Å². The van der Waals surface area contributed by atoms with Crippen molar-refractivity contribution in [2.75, 3.05) is 33.4 Å². The number of halogens is 3. The quantitative estimate of drug-likeness (QED) is 0.705. The molecule has 0 aromatic heterocycles. The first kappa shape index (κ1) is 18.9. The molecule has 0 radical (unpaired) electrons. The van der Waals surface area contributed by atoms with Gasteiger partial charge in [0.05, 0.1) is 20.3 Å². The Morgan fingerprint density at radius 2 is 2.12 bits per heavy atom. The number of hydrogen-bond donors (Lipinski definition) is 0. The minimum absolute atomic E-state index is 0.0696. The van der Waals surface area contributed by atoms with Crippen LogP contribution in [0.2, 0.25) is 0 Å². The first-order valence-corrected chi connectivity index (χ1v) is 8.15. The molecule has 0 unspecified atom stereocenters. The first-order valence-electron chi connectivity index (χ1n) is 8.15. The molecule has 1 saturated heterocycles. The second-order valence-electron chi connectivity index (χ2n) is 5.79. The third-order valence-corrected chi connectivity index (χ3v) is 3.93. The van der Waals surface area contributed by atoms with Crippen LogP contribution in [0.1, 0.15) is 25.3 Å². The summed E-state index contributed by atoms with van der Waals surface area (Å²) in [6, 6.07) is 5.48. The van der Waals surface area contributed by atoms with Gasteiger partial charge < -0.3 is 14.2 Å². The first-order chi connectivity index (χ1) is 11.5. The Morgan fingerprint density at radius 3 is 2.79 bits per heavy atom. The normalized spacial score (nSPS) is 19.3. The van der Waals surface area contributed by atoms with E-state index in [1.165, 1.54) is 0 Å². The lowest BCUT2D eigenvalue weighted by Crippen LogP contribution is -2.48. The minimum Gasteiger partial charge on any atom is -0.493 e. The summed E-state index contributed by atoms with van der Waals surface area (Å²) in [5, 5.41) is 0. The Bertz CT molecular complexity index is 522. The molecule has 2 rings (SSSR count). The molecule has 1 aliphatic rings. The molecule has 0 N–H and O–H groups in total. The van der Waals surface area contributed by atoms with Gasteiger partial charge in [0.15, 0.2) is 17.6 Å². The van der Waals surface area contributed by atoms with E-state index in [9.17, 15) is 13.2 Å². The summed E-state index contributed by atoms with van der Waals surface area (Å²) < 4.78 is 54.6. The van der Waals surface area contributed by atoms with Crippen LogP contribution >= 0.6 is 0 Å². The molecule has 136 valence electrons. The van der Waals surface area contributed by atoms with E-state index in [4.69, 9.17) is 14.2 Å². The van der Waals surface area contributed by atoms with Crippen LogP contribution in [0.4, 0.5) is 13.2 Å². The summed E-state index contributed by atoms with van der Waals surface area (Å²) in [4.78, 5) is 1.74. The summed E-state index contributed by atoms with van der Waals surface area (Å²) in [5.74, 6) is 1.22. The van der Waals surface area contributed by atoms with Crippen molar-refractivity contribution in [2.45, 2.75) is 38.6 Å². The van der Waals surface area contributed by atoms with Crippen molar-refractivity contribution in [2.24, 2.45) is 0 Å². The Balaban J connectivity index is 2.10. The number of para-hydroxylation sites is 1. The van der Waals surface area contributed by atoms with Crippen molar-refractivity contribution in [1.82, 2.24) is 4.90 Å². The molecule has 4 nitrogen and oxygen atoms in total. The molecule has 0 saturated carbocycles. The van der Waals surface area contributed by atoms with Crippen molar-refractivity contribution in [1.29, 1.82) is 0 Å². The van der Waals surface area contributed by atoms with Gasteiger partial charge in [-0.2, -0.15) is 13.2 Å². The molecular formula is C17H24F3NO3. The maximum atomic E-state index is 12.9. The zero-order chi connectivity index (χ0) is 17.6. The number of alkyl halides is 3. The minimum atomic E-state index is -4.34. The Labute approximate surface area is 140 Å². The van der Waals surface area contributed by atoms with E-state index in [0.717, 1.165) is 18.4 Å². The van der Waals surface area contributed by atoms with E-state index < -0.39 is 12.3 Å². The van der Waals surface area contributed by atoms with E-state index in [-0.39, 0.29) is 13.2 Å². The van der Waals surface area contributed by atoms with Gasteiger partial charge in [-0.05, 0) is 12.5 Å². The third-order valence-electron chi connectivity index (χ3n) is 3.93. The van der Waals surface area contributed by atoms with E-state index in [1.807, 2.05) is 12.1 Å². The van der Waals surface area contributed by atoms with Crippen molar-refractivity contribution in [3.8, 4) is 11.5 Å². The molecule has 0 spiro atoms. The summed E-state index contributed by atoms with van der Waals surface area (Å²) >= 11 is 0. The van der Waals surface area contributed by atoms with E-state index in [2.05, 4.69) is 6.92 Å². The van der Waals surface area contributed by atoms with Gasteiger partial charge in [0.1, 0.15) is 0 Å². The monoisotopic (exact) mass is 347 g/mol. The van der Waals surface area contributed by atoms with Crippen molar-refractivity contribution < 1.29 is 27.4 Å². The van der Waals surface area contributed by atoms with E-state index in [1.54, 1.807) is 18.1 Å². The second-order valence-corrected chi connectivity index (χ2v) is 5.79. The van der Waals surface area contributed by atoms with E-state index in [0.29, 0.717) is 31.2 Å². The van der Waals surface area contributed by atoms with Crippen LogP contribution in [0, 0.1) is 0 Å². The molecule has 1 heterocycles. The molecule has 1 fully saturated rings. The smallest absolute Gasteiger partial charge is 0.415 e. The van der Waals surface area contributed by atoms with E-state index >= 15 is 0 Å². The lowest BCUT2D eigenvalue weighted by molar-refractivity contribution is -0.237. The zero-order valence-corrected chi connectivity index (χ0v) is 14.1. The molecule has 0 bridgehead atoms. The van der Waals surface area contributed by atoms with Gasteiger partial charge in [0.2, 0.25) is 0 Å². The number of benzene rings is 1. The molecule has 0 amide bonds. The van der Waals surface area contributed by atoms with Gasteiger partial charge in [-0.1, -0.05) is 25.5 Å². The lowest BCUT2D eigenvalue weighted by atomic mass is 10.1. The predicted octanol–water partition coefficient (Wildman–Crippen LogP) is 3.64. The standard InChI is InChI=1S/C17H24F3NO3/c1-3-4-9-24-16-13(6-5-7-14(16)22-2)11-21-8-10-23-15(12-21)17(18,19)20/h5-7,15H,3-4,8-12H2,1-2H3/t15-/m0/s1. The molecule has 1 aromatic carbocycles. The number of nitrogens with zero attached hydrogens (tertiary/aromatic N) is 1. The zero-order valence-electron chi connectivity index (χ0n) is 14.1. The van der Waals surface area contributed by atoms with Crippen LogP contribution in [0.25, 0.3) is 0 Å². The fourth-order valence-electron chi connectivity index (χ4n) is 2.61. The van der Waals surface area contributed by atoms with Crippen molar-refractivity contribution in [3.63, 3.8) is 0 Å². The van der Waals surface area contributed by atoms with Gasteiger partial charge in [-0.15, -0.1) is 0 Å². The number of hydrogen-bond acceptors (Lipinski definition) is 4. The number of rotatable bonds is 7. The number of methoxy groups -OCH3 is 1. The van der Waals surface area contributed by atoms with Gasteiger partial charge in [-0.25, -0.2) is 0 Å². The van der Waals surface area contributed by atoms with Crippen molar-refractivity contribution >= 4 is 0 Å². The molecule has 7 heteroatoms. The predicted molar refractivity (Wildman–Crippen MR) is 84.5 cm³/mol. The van der Waals surface area contributed by atoms with Gasteiger partial charge in [-0.3, -0.25) is 4.90 Å². The average molecular weight is 347 g/mol. The fraction of sp³-hybridized carbons (Fsp3) is 0.647. The summed E-state index contributed by atoms with van der Waals surface area (Å²) in [6.45, 7) is 3.34. The Morgan fingerprint density at radius 1 is 1.33 bits per heavy atom. The largest absolute Gasteiger partial charge is 0.493 e. The highest BCUT2D eigenvalue weighted by molar-refractivity contribution is 5.46. The maximum absolute atomic E-state index is 12.9. The molecule has 24 heavy (non-hydrogen) atoms. The topological polar surface area (TPSA) is 30.9 Å².